The standard InChI is InChI=1S/C15H23FN2S/c1-13(2)18-9-7-17(8-10-18)11-12-19-15-6-4-3-5-14(15)16/h3-6,13H,7-12H2,1-2H3. The summed E-state index contributed by atoms with van der Waals surface area (Å²) in [5.41, 5.74) is 0. The molecular weight excluding hydrogens is 259 g/mol. The van der Waals surface area contributed by atoms with Crippen LogP contribution in [0.15, 0.2) is 29.2 Å². The lowest BCUT2D eigenvalue weighted by molar-refractivity contribution is 0.113. The molecule has 0 amide bonds. The third-order valence-corrected chi connectivity index (χ3v) is 4.67. The van der Waals surface area contributed by atoms with Crippen LogP contribution < -0.4 is 0 Å². The minimum Gasteiger partial charge on any atom is -0.300 e. The maximum atomic E-state index is 13.5. The van der Waals surface area contributed by atoms with E-state index < -0.39 is 0 Å². The molecule has 2 rings (SSSR count). The van der Waals surface area contributed by atoms with E-state index in [4.69, 9.17) is 0 Å². The van der Waals surface area contributed by atoms with E-state index >= 15 is 0 Å². The highest BCUT2D eigenvalue weighted by Crippen LogP contribution is 2.21. The molecule has 0 spiro atoms. The predicted octanol–water partition coefficient (Wildman–Crippen LogP) is 2.94. The van der Waals surface area contributed by atoms with Crippen molar-refractivity contribution in [3.8, 4) is 0 Å². The molecule has 0 radical (unpaired) electrons. The average Bonchev–Trinajstić information content (AvgIpc) is 2.41. The maximum Gasteiger partial charge on any atom is 0.136 e. The van der Waals surface area contributed by atoms with Crippen molar-refractivity contribution >= 4 is 11.8 Å². The zero-order valence-electron chi connectivity index (χ0n) is 11.8. The van der Waals surface area contributed by atoms with Crippen molar-refractivity contribution < 1.29 is 4.39 Å². The quantitative estimate of drug-likeness (QED) is 0.767. The fraction of sp³-hybridized carbons (Fsp3) is 0.600. The molecule has 0 aliphatic carbocycles. The van der Waals surface area contributed by atoms with Gasteiger partial charge < -0.3 is 0 Å². The van der Waals surface area contributed by atoms with Crippen LogP contribution in [0.2, 0.25) is 0 Å². The van der Waals surface area contributed by atoms with Crippen LogP contribution in [0.25, 0.3) is 0 Å². The lowest BCUT2D eigenvalue weighted by Gasteiger charge is -2.36. The molecule has 0 aromatic heterocycles. The van der Waals surface area contributed by atoms with Gasteiger partial charge in [0.15, 0.2) is 0 Å². The van der Waals surface area contributed by atoms with Crippen LogP contribution in [0.4, 0.5) is 4.39 Å². The molecule has 0 saturated carbocycles. The van der Waals surface area contributed by atoms with Gasteiger partial charge in [-0.2, -0.15) is 0 Å². The van der Waals surface area contributed by atoms with Crippen LogP contribution in [-0.2, 0) is 0 Å². The molecule has 1 fully saturated rings. The van der Waals surface area contributed by atoms with Crippen molar-refractivity contribution in [2.75, 3.05) is 38.5 Å². The summed E-state index contributed by atoms with van der Waals surface area (Å²) < 4.78 is 13.5. The Morgan fingerprint density at radius 1 is 1.16 bits per heavy atom. The molecule has 0 bridgehead atoms. The number of benzene rings is 1. The van der Waals surface area contributed by atoms with Crippen LogP contribution in [0.1, 0.15) is 13.8 Å². The molecule has 1 aromatic rings. The molecule has 19 heavy (non-hydrogen) atoms. The van der Waals surface area contributed by atoms with Crippen molar-refractivity contribution in [3.63, 3.8) is 0 Å². The Morgan fingerprint density at radius 3 is 2.47 bits per heavy atom. The molecule has 0 atom stereocenters. The van der Waals surface area contributed by atoms with Crippen LogP contribution in [0, 0.1) is 5.82 Å². The summed E-state index contributed by atoms with van der Waals surface area (Å²) in [5.74, 6) is 0.861. The van der Waals surface area contributed by atoms with Crippen molar-refractivity contribution in [1.82, 2.24) is 9.80 Å². The van der Waals surface area contributed by atoms with E-state index in [1.54, 1.807) is 17.8 Å². The Morgan fingerprint density at radius 2 is 1.84 bits per heavy atom. The third-order valence-electron chi connectivity index (χ3n) is 3.64. The third kappa shape index (κ3) is 4.48. The Hall–Kier alpha value is -0.580. The first-order chi connectivity index (χ1) is 9.16. The zero-order valence-corrected chi connectivity index (χ0v) is 12.6. The topological polar surface area (TPSA) is 6.48 Å². The van der Waals surface area contributed by atoms with Crippen LogP contribution in [0.3, 0.4) is 0 Å². The van der Waals surface area contributed by atoms with Gasteiger partial charge in [-0.1, -0.05) is 12.1 Å². The van der Waals surface area contributed by atoms with Gasteiger partial charge in [0, 0.05) is 49.4 Å². The summed E-state index contributed by atoms with van der Waals surface area (Å²) in [6.45, 7) is 10.1. The van der Waals surface area contributed by atoms with Gasteiger partial charge in [0.2, 0.25) is 0 Å². The van der Waals surface area contributed by atoms with E-state index in [1.165, 1.54) is 6.07 Å². The number of piperazine rings is 1. The molecule has 1 aliphatic rings. The fourth-order valence-electron chi connectivity index (χ4n) is 2.35. The van der Waals surface area contributed by atoms with Gasteiger partial charge >= 0.3 is 0 Å². The first-order valence-electron chi connectivity index (χ1n) is 7.00. The van der Waals surface area contributed by atoms with Gasteiger partial charge in [-0.15, -0.1) is 11.8 Å². The van der Waals surface area contributed by atoms with E-state index in [1.807, 2.05) is 12.1 Å². The number of hydrogen-bond donors (Lipinski definition) is 0. The van der Waals surface area contributed by atoms with Crippen molar-refractivity contribution in [2.24, 2.45) is 0 Å². The first-order valence-corrected chi connectivity index (χ1v) is 7.99. The fourth-order valence-corrected chi connectivity index (χ4v) is 3.30. The van der Waals surface area contributed by atoms with E-state index in [0.717, 1.165) is 43.4 Å². The van der Waals surface area contributed by atoms with Gasteiger partial charge in [-0.05, 0) is 26.0 Å². The second-order valence-electron chi connectivity index (χ2n) is 5.25. The number of rotatable bonds is 5. The molecule has 0 unspecified atom stereocenters. The molecule has 1 aromatic carbocycles. The Kier molecular flexibility index (Phi) is 5.67. The Bertz CT molecular complexity index is 389. The molecule has 1 saturated heterocycles. The van der Waals surface area contributed by atoms with Crippen molar-refractivity contribution in [2.45, 2.75) is 24.8 Å². The summed E-state index contributed by atoms with van der Waals surface area (Å²) in [6, 6.07) is 7.67. The second-order valence-corrected chi connectivity index (χ2v) is 6.39. The molecule has 1 heterocycles. The molecule has 2 nitrogen and oxygen atoms in total. The van der Waals surface area contributed by atoms with E-state index in [-0.39, 0.29) is 5.82 Å². The van der Waals surface area contributed by atoms with E-state index in [9.17, 15) is 4.39 Å². The van der Waals surface area contributed by atoms with E-state index in [0.29, 0.717) is 6.04 Å². The van der Waals surface area contributed by atoms with Crippen LogP contribution >= 0.6 is 11.8 Å². The van der Waals surface area contributed by atoms with Crippen LogP contribution in [-0.4, -0.2) is 54.3 Å². The van der Waals surface area contributed by atoms with Gasteiger partial charge in [-0.3, -0.25) is 9.80 Å². The number of nitrogens with zero attached hydrogens (tertiary/aromatic N) is 2. The lowest BCUT2D eigenvalue weighted by Crippen LogP contribution is -2.49. The lowest BCUT2D eigenvalue weighted by atomic mass is 10.2. The molecular formula is C15H23FN2S. The zero-order chi connectivity index (χ0) is 13.7. The summed E-state index contributed by atoms with van der Waals surface area (Å²) in [4.78, 5) is 5.76. The highest BCUT2D eigenvalue weighted by atomic mass is 32.2. The smallest absolute Gasteiger partial charge is 0.136 e. The van der Waals surface area contributed by atoms with Gasteiger partial charge in [0.25, 0.3) is 0 Å². The molecule has 0 N–H and O–H groups in total. The average molecular weight is 282 g/mol. The normalized spacial score (nSPS) is 18.1. The monoisotopic (exact) mass is 282 g/mol. The summed E-state index contributed by atoms with van der Waals surface area (Å²) in [5, 5.41) is 0. The number of halogens is 1. The Balaban J connectivity index is 1.69. The summed E-state index contributed by atoms with van der Waals surface area (Å²) >= 11 is 1.62. The SMILES string of the molecule is CC(C)N1CCN(CCSc2ccccc2F)CC1. The number of thioether (sulfide) groups is 1. The van der Waals surface area contributed by atoms with Crippen molar-refractivity contribution in [3.05, 3.63) is 30.1 Å². The number of hydrogen-bond acceptors (Lipinski definition) is 3. The summed E-state index contributed by atoms with van der Waals surface area (Å²) in [7, 11) is 0. The largest absolute Gasteiger partial charge is 0.300 e. The minimum absolute atomic E-state index is 0.0999. The molecule has 106 valence electrons. The van der Waals surface area contributed by atoms with Gasteiger partial charge in [0.05, 0.1) is 0 Å². The Labute approximate surface area is 120 Å². The predicted molar refractivity (Wildman–Crippen MR) is 80.3 cm³/mol. The highest BCUT2D eigenvalue weighted by molar-refractivity contribution is 7.99. The first kappa shape index (κ1) is 14.8. The van der Waals surface area contributed by atoms with Crippen LogP contribution in [0.5, 0.6) is 0 Å². The summed E-state index contributed by atoms with van der Waals surface area (Å²) in [6.07, 6.45) is 0. The molecule has 1 aliphatic heterocycles. The minimum atomic E-state index is -0.0999. The highest BCUT2D eigenvalue weighted by Gasteiger charge is 2.18. The van der Waals surface area contributed by atoms with E-state index in [2.05, 4.69) is 23.6 Å². The van der Waals surface area contributed by atoms with Crippen molar-refractivity contribution in [1.29, 1.82) is 0 Å². The molecule has 4 heteroatoms. The van der Waals surface area contributed by atoms with Gasteiger partial charge in [0.1, 0.15) is 5.82 Å². The van der Waals surface area contributed by atoms with Gasteiger partial charge in [-0.25, -0.2) is 4.39 Å². The second kappa shape index (κ2) is 7.27. The maximum absolute atomic E-state index is 13.5.